The summed E-state index contributed by atoms with van der Waals surface area (Å²) in [5.41, 5.74) is 0.840. The number of benzene rings is 1. The summed E-state index contributed by atoms with van der Waals surface area (Å²) in [6.07, 6.45) is 0.864. The highest BCUT2D eigenvalue weighted by atomic mass is 35.5. The van der Waals surface area contributed by atoms with E-state index in [4.69, 9.17) is 16.3 Å². The van der Waals surface area contributed by atoms with Crippen LogP contribution in [0.1, 0.15) is 18.0 Å². The number of piperidine rings is 1. The van der Waals surface area contributed by atoms with Crippen LogP contribution in [-0.4, -0.2) is 49.9 Å². The lowest BCUT2D eigenvalue weighted by Crippen LogP contribution is -2.49. The molecule has 4 rings (SSSR count). The van der Waals surface area contributed by atoms with Crippen molar-refractivity contribution < 1.29 is 17.9 Å². The molecular weight excluding hydrogens is 430 g/mol. The van der Waals surface area contributed by atoms with Gasteiger partial charge in [0.05, 0.1) is 9.92 Å². The van der Waals surface area contributed by atoms with Gasteiger partial charge in [-0.1, -0.05) is 17.7 Å². The van der Waals surface area contributed by atoms with E-state index in [1.54, 1.807) is 10.6 Å². The molecule has 1 amide bonds. The second-order valence-corrected chi connectivity index (χ2v) is 9.92. The van der Waals surface area contributed by atoms with Crippen LogP contribution < -0.4 is 15.6 Å². The third-order valence-electron chi connectivity index (χ3n) is 5.62. The van der Waals surface area contributed by atoms with Crippen molar-refractivity contribution in [2.45, 2.75) is 23.8 Å². The van der Waals surface area contributed by atoms with Gasteiger partial charge in [-0.15, -0.1) is 0 Å². The minimum Gasteiger partial charge on any atom is -0.482 e. The molecule has 2 bridgehead atoms. The van der Waals surface area contributed by atoms with Crippen LogP contribution in [-0.2, 0) is 21.4 Å². The van der Waals surface area contributed by atoms with Crippen LogP contribution in [0.4, 0.5) is 0 Å². The van der Waals surface area contributed by atoms with Crippen LogP contribution in [0.2, 0.25) is 5.02 Å². The first-order chi connectivity index (χ1) is 14.3. The zero-order valence-corrected chi connectivity index (χ0v) is 17.9. The molecule has 2 aliphatic heterocycles. The van der Waals surface area contributed by atoms with E-state index in [0.717, 1.165) is 12.1 Å². The highest BCUT2D eigenvalue weighted by Gasteiger charge is 2.39. The maximum Gasteiger partial charge on any atom is 0.257 e. The highest BCUT2D eigenvalue weighted by molar-refractivity contribution is 7.89. The van der Waals surface area contributed by atoms with Gasteiger partial charge < -0.3 is 14.6 Å². The molecular formula is C20H22ClN3O5S. The fourth-order valence-corrected chi connectivity index (χ4v) is 6.06. The first kappa shape index (κ1) is 20.9. The number of nitrogens with zero attached hydrogens (tertiary/aromatic N) is 2. The van der Waals surface area contributed by atoms with Gasteiger partial charge in [0, 0.05) is 44.4 Å². The molecule has 2 aromatic rings. The second kappa shape index (κ2) is 8.05. The maximum absolute atomic E-state index is 13.3. The van der Waals surface area contributed by atoms with Gasteiger partial charge in [-0.2, -0.15) is 4.31 Å². The largest absolute Gasteiger partial charge is 0.482 e. The van der Waals surface area contributed by atoms with Gasteiger partial charge in [-0.3, -0.25) is 9.59 Å². The summed E-state index contributed by atoms with van der Waals surface area (Å²) in [6, 6.07) is 9.39. The van der Waals surface area contributed by atoms with Crippen molar-refractivity contribution in [3.05, 3.63) is 57.5 Å². The third-order valence-corrected chi connectivity index (χ3v) is 7.75. The lowest BCUT2D eigenvalue weighted by atomic mass is 9.84. The molecule has 1 N–H and O–H groups in total. The highest BCUT2D eigenvalue weighted by Crippen LogP contribution is 2.38. The van der Waals surface area contributed by atoms with E-state index in [9.17, 15) is 18.0 Å². The monoisotopic (exact) mass is 451 g/mol. The fourth-order valence-electron chi connectivity index (χ4n) is 4.17. The quantitative estimate of drug-likeness (QED) is 0.741. The van der Waals surface area contributed by atoms with Crippen LogP contribution in [0, 0.1) is 5.92 Å². The molecule has 10 heteroatoms. The number of rotatable bonds is 5. The average Bonchev–Trinajstić information content (AvgIpc) is 2.73. The van der Waals surface area contributed by atoms with Crippen molar-refractivity contribution in [1.29, 1.82) is 0 Å². The van der Waals surface area contributed by atoms with Gasteiger partial charge in [0.15, 0.2) is 6.61 Å². The Labute approximate surface area is 179 Å². The van der Waals surface area contributed by atoms with Crippen molar-refractivity contribution >= 4 is 27.5 Å². The minimum atomic E-state index is -3.77. The van der Waals surface area contributed by atoms with Crippen molar-refractivity contribution in [1.82, 2.24) is 14.2 Å². The number of carbonyl (C=O) groups is 1. The predicted molar refractivity (Wildman–Crippen MR) is 111 cm³/mol. The molecule has 0 unspecified atom stereocenters. The second-order valence-electron chi connectivity index (χ2n) is 7.57. The van der Waals surface area contributed by atoms with Crippen molar-refractivity contribution in [2.75, 3.05) is 26.7 Å². The van der Waals surface area contributed by atoms with Gasteiger partial charge >= 0.3 is 0 Å². The lowest BCUT2D eigenvalue weighted by molar-refractivity contribution is -0.122. The Morgan fingerprint density at radius 2 is 2.03 bits per heavy atom. The van der Waals surface area contributed by atoms with E-state index >= 15 is 0 Å². The third kappa shape index (κ3) is 3.84. The number of aromatic nitrogens is 1. The number of pyridine rings is 1. The summed E-state index contributed by atoms with van der Waals surface area (Å²) in [6.45, 7) is 0.974. The number of nitrogens with one attached hydrogen (secondary N) is 1. The number of amides is 1. The van der Waals surface area contributed by atoms with Crippen molar-refractivity contribution in [2.24, 2.45) is 5.92 Å². The maximum atomic E-state index is 13.3. The SMILES string of the molecule is CNC(=O)COc1ccc(S(=O)(=O)N2C[C@H]3C[C@@H](C2)c2cccc(=O)n2C3)cc1Cl. The molecule has 3 heterocycles. The first-order valence-electron chi connectivity index (χ1n) is 9.62. The average molecular weight is 452 g/mol. The molecule has 1 fully saturated rings. The standard InChI is InChI=1S/C20H22ClN3O5S/c1-22-19(25)12-29-18-6-5-15(8-16(18)21)30(27,28)23-9-13-7-14(11-23)17-3-2-4-20(26)24(17)10-13/h2-6,8,13-14H,7,9-12H2,1H3,(H,22,25)/t13-,14+/m1/s1. The van der Waals surface area contributed by atoms with Gasteiger partial charge in [0.1, 0.15) is 5.75 Å². The minimum absolute atomic E-state index is 0.0215. The number of carbonyl (C=O) groups excluding carboxylic acids is 1. The predicted octanol–water partition coefficient (Wildman–Crippen LogP) is 1.43. The van der Waals surface area contributed by atoms with Crippen molar-refractivity contribution in [3.8, 4) is 5.75 Å². The van der Waals surface area contributed by atoms with Crippen LogP contribution >= 0.6 is 11.6 Å². The lowest BCUT2D eigenvalue weighted by Gasteiger charge is -2.42. The summed E-state index contributed by atoms with van der Waals surface area (Å²) < 4.78 is 35.1. The summed E-state index contributed by atoms with van der Waals surface area (Å²) in [5.74, 6) is -0.0198. The molecule has 2 aliphatic rings. The molecule has 0 radical (unpaired) electrons. The van der Waals surface area contributed by atoms with Gasteiger partial charge in [0.2, 0.25) is 10.0 Å². The summed E-state index contributed by atoms with van der Waals surface area (Å²) >= 11 is 6.20. The normalized spacial score (nSPS) is 21.0. The Morgan fingerprint density at radius 3 is 2.77 bits per heavy atom. The van der Waals surface area contributed by atoms with Crippen LogP contribution in [0.15, 0.2) is 46.1 Å². The zero-order chi connectivity index (χ0) is 21.5. The van der Waals surface area contributed by atoms with Gasteiger partial charge in [-0.05, 0) is 36.6 Å². The molecule has 8 nitrogen and oxygen atoms in total. The van der Waals surface area contributed by atoms with E-state index < -0.39 is 10.0 Å². The van der Waals surface area contributed by atoms with Gasteiger partial charge in [0.25, 0.3) is 11.5 Å². The van der Waals surface area contributed by atoms with E-state index in [1.807, 2.05) is 6.07 Å². The molecule has 0 spiro atoms. The molecule has 1 saturated heterocycles. The summed E-state index contributed by atoms with van der Waals surface area (Å²) in [5, 5.41) is 2.55. The Balaban J connectivity index is 1.57. The molecule has 2 atom stereocenters. The Kier molecular flexibility index (Phi) is 5.61. The molecule has 1 aromatic carbocycles. The molecule has 0 saturated carbocycles. The number of hydrogen-bond donors (Lipinski definition) is 1. The smallest absolute Gasteiger partial charge is 0.257 e. The number of likely N-dealkylation sites (N-methyl/N-ethyl adjacent to an activating group) is 1. The number of fused-ring (bicyclic) bond motifs is 4. The Morgan fingerprint density at radius 1 is 1.23 bits per heavy atom. The molecule has 160 valence electrons. The van der Waals surface area contributed by atoms with Gasteiger partial charge in [-0.25, -0.2) is 8.42 Å². The Hall–Kier alpha value is -2.36. The molecule has 30 heavy (non-hydrogen) atoms. The molecule has 0 aliphatic carbocycles. The van der Waals surface area contributed by atoms with Crippen molar-refractivity contribution in [3.63, 3.8) is 0 Å². The number of ether oxygens (including phenoxy) is 1. The number of sulfonamides is 1. The first-order valence-corrected chi connectivity index (χ1v) is 11.4. The van der Waals surface area contributed by atoms with E-state index in [2.05, 4.69) is 5.32 Å². The fraction of sp³-hybridized carbons (Fsp3) is 0.400. The van der Waals surface area contributed by atoms with Crippen LogP contribution in [0.25, 0.3) is 0 Å². The van der Waals surface area contributed by atoms with E-state index in [-0.39, 0.29) is 45.6 Å². The van der Waals surface area contributed by atoms with Crippen LogP contribution in [0.3, 0.4) is 0 Å². The zero-order valence-electron chi connectivity index (χ0n) is 16.4. The number of hydrogen-bond acceptors (Lipinski definition) is 5. The topological polar surface area (TPSA) is 97.7 Å². The Bertz CT molecular complexity index is 1150. The van der Waals surface area contributed by atoms with Crippen LogP contribution in [0.5, 0.6) is 5.75 Å². The number of halogens is 1. The summed E-state index contributed by atoms with van der Waals surface area (Å²) in [7, 11) is -2.27. The molecule has 1 aromatic heterocycles. The van der Waals surface area contributed by atoms with E-state index in [0.29, 0.717) is 19.6 Å². The summed E-state index contributed by atoms with van der Waals surface area (Å²) in [4.78, 5) is 23.6. The van der Waals surface area contributed by atoms with E-state index in [1.165, 1.54) is 35.6 Å².